The van der Waals surface area contributed by atoms with Crippen LogP contribution in [0.4, 0.5) is 0 Å². The molecular weight excluding hydrogens is 210 g/mol. The summed E-state index contributed by atoms with van der Waals surface area (Å²) in [6.45, 7) is 5.24. The van der Waals surface area contributed by atoms with Crippen molar-refractivity contribution in [1.29, 1.82) is 0 Å². The fraction of sp³-hybridized carbons (Fsp3) is 0.571. The third-order valence-electron chi connectivity index (χ3n) is 3.41. The Balaban J connectivity index is 1.68. The van der Waals surface area contributed by atoms with Gasteiger partial charge in [-0.1, -0.05) is 30.3 Å². The fourth-order valence-electron chi connectivity index (χ4n) is 2.42. The van der Waals surface area contributed by atoms with Gasteiger partial charge in [-0.3, -0.25) is 0 Å². The van der Waals surface area contributed by atoms with Crippen LogP contribution in [0.15, 0.2) is 30.3 Å². The molecule has 0 spiro atoms. The molecule has 3 N–H and O–H groups in total. The molecule has 0 aliphatic carbocycles. The maximum absolute atomic E-state index is 5.50. The lowest BCUT2D eigenvalue weighted by Gasteiger charge is -2.16. The summed E-state index contributed by atoms with van der Waals surface area (Å²) >= 11 is 0. The van der Waals surface area contributed by atoms with Gasteiger partial charge in [0.15, 0.2) is 0 Å². The molecule has 1 heterocycles. The van der Waals surface area contributed by atoms with Crippen LogP contribution in [0.5, 0.6) is 0 Å². The summed E-state index contributed by atoms with van der Waals surface area (Å²) in [6.07, 6.45) is 2.42. The van der Waals surface area contributed by atoms with Crippen LogP contribution in [-0.2, 0) is 6.42 Å². The number of hydrogen-bond acceptors (Lipinski definition) is 3. The maximum atomic E-state index is 5.50. The number of hydrogen-bond donors (Lipinski definition) is 2. The van der Waals surface area contributed by atoms with Crippen LogP contribution in [0, 0.1) is 0 Å². The lowest BCUT2D eigenvalue weighted by Crippen LogP contribution is -2.36. The van der Waals surface area contributed by atoms with Crippen LogP contribution in [0.1, 0.15) is 12.0 Å². The Morgan fingerprint density at radius 2 is 2.12 bits per heavy atom. The van der Waals surface area contributed by atoms with Crippen molar-refractivity contribution in [3.8, 4) is 0 Å². The Morgan fingerprint density at radius 1 is 1.29 bits per heavy atom. The third kappa shape index (κ3) is 4.11. The number of nitrogens with one attached hydrogen (secondary N) is 1. The fourth-order valence-corrected chi connectivity index (χ4v) is 2.42. The topological polar surface area (TPSA) is 41.3 Å². The van der Waals surface area contributed by atoms with Crippen molar-refractivity contribution in [2.75, 3.05) is 32.7 Å². The van der Waals surface area contributed by atoms with E-state index in [1.54, 1.807) is 0 Å². The normalized spacial score (nSPS) is 20.9. The number of nitrogens with zero attached hydrogens (tertiary/aromatic N) is 1. The molecule has 3 nitrogen and oxygen atoms in total. The SMILES string of the molecule is NCCNC1CCN(CCc2ccccc2)C1. The van der Waals surface area contributed by atoms with Gasteiger partial charge in [0.25, 0.3) is 0 Å². The molecule has 1 atom stereocenters. The van der Waals surface area contributed by atoms with Crippen LogP contribution >= 0.6 is 0 Å². The minimum atomic E-state index is 0.648. The summed E-state index contributed by atoms with van der Waals surface area (Å²) in [7, 11) is 0. The Hall–Kier alpha value is -0.900. The lowest BCUT2D eigenvalue weighted by atomic mass is 10.1. The van der Waals surface area contributed by atoms with E-state index in [-0.39, 0.29) is 0 Å². The number of nitrogens with two attached hydrogens (primary N) is 1. The second kappa shape index (κ2) is 6.74. The number of rotatable bonds is 6. The summed E-state index contributed by atoms with van der Waals surface area (Å²) < 4.78 is 0. The van der Waals surface area contributed by atoms with Gasteiger partial charge in [0.05, 0.1) is 0 Å². The highest BCUT2D eigenvalue weighted by Crippen LogP contribution is 2.10. The van der Waals surface area contributed by atoms with Gasteiger partial charge >= 0.3 is 0 Å². The predicted octanol–water partition coefficient (Wildman–Crippen LogP) is 0.852. The van der Waals surface area contributed by atoms with Gasteiger partial charge in [-0.15, -0.1) is 0 Å². The van der Waals surface area contributed by atoms with Crippen molar-refractivity contribution in [3.63, 3.8) is 0 Å². The first-order chi connectivity index (χ1) is 8.38. The molecule has 0 bridgehead atoms. The summed E-state index contributed by atoms with van der Waals surface area (Å²) in [5.41, 5.74) is 6.94. The second-order valence-corrected chi connectivity index (χ2v) is 4.76. The van der Waals surface area contributed by atoms with Crippen molar-refractivity contribution in [2.24, 2.45) is 5.73 Å². The molecular formula is C14H23N3. The Morgan fingerprint density at radius 3 is 2.88 bits per heavy atom. The Labute approximate surface area is 104 Å². The summed E-state index contributed by atoms with van der Waals surface area (Å²) in [5.74, 6) is 0. The molecule has 1 aliphatic rings. The van der Waals surface area contributed by atoms with Gasteiger partial charge in [0.1, 0.15) is 0 Å². The van der Waals surface area contributed by atoms with E-state index < -0.39 is 0 Å². The van der Waals surface area contributed by atoms with Crippen LogP contribution in [0.25, 0.3) is 0 Å². The van der Waals surface area contributed by atoms with Gasteiger partial charge < -0.3 is 16.0 Å². The highest BCUT2D eigenvalue weighted by atomic mass is 15.2. The minimum absolute atomic E-state index is 0.648. The van der Waals surface area contributed by atoms with Crippen molar-refractivity contribution in [2.45, 2.75) is 18.9 Å². The zero-order valence-corrected chi connectivity index (χ0v) is 10.4. The monoisotopic (exact) mass is 233 g/mol. The minimum Gasteiger partial charge on any atom is -0.329 e. The van der Waals surface area contributed by atoms with E-state index >= 15 is 0 Å². The van der Waals surface area contributed by atoms with Crippen molar-refractivity contribution < 1.29 is 0 Å². The molecule has 2 rings (SSSR count). The molecule has 0 amide bonds. The average Bonchev–Trinajstić information content (AvgIpc) is 2.83. The molecule has 1 aromatic rings. The quantitative estimate of drug-likeness (QED) is 0.765. The molecule has 1 fully saturated rings. The molecule has 1 aromatic carbocycles. The first-order valence-corrected chi connectivity index (χ1v) is 6.58. The zero-order chi connectivity index (χ0) is 11.9. The van der Waals surface area contributed by atoms with Crippen LogP contribution in [0.2, 0.25) is 0 Å². The molecule has 1 unspecified atom stereocenters. The van der Waals surface area contributed by atoms with E-state index in [0.717, 1.165) is 19.5 Å². The van der Waals surface area contributed by atoms with Crippen LogP contribution in [0.3, 0.4) is 0 Å². The maximum Gasteiger partial charge on any atom is 0.0207 e. The molecule has 3 heteroatoms. The lowest BCUT2D eigenvalue weighted by molar-refractivity contribution is 0.332. The molecule has 0 saturated carbocycles. The van der Waals surface area contributed by atoms with Crippen molar-refractivity contribution >= 4 is 0 Å². The molecule has 0 aromatic heterocycles. The van der Waals surface area contributed by atoms with Crippen LogP contribution in [-0.4, -0.2) is 43.7 Å². The first-order valence-electron chi connectivity index (χ1n) is 6.58. The Bertz CT molecular complexity index is 313. The standard InChI is InChI=1S/C14H23N3/c15-8-9-16-14-7-11-17(12-14)10-6-13-4-2-1-3-5-13/h1-5,14,16H,6-12,15H2. The van der Waals surface area contributed by atoms with Crippen molar-refractivity contribution in [1.82, 2.24) is 10.2 Å². The summed E-state index contributed by atoms with van der Waals surface area (Å²) in [4.78, 5) is 2.54. The molecule has 1 aliphatic heterocycles. The summed E-state index contributed by atoms with van der Waals surface area (Å²) in [5, 5.41) is 3.49. The Kier molecular flexibility index (Phi) is 4.98. The van der Waals surface area contributed by atoms with Crippen molar-refractivity contribution in [3.05, 3.63) is 35.9 Å². The second-order valence-electron chi connectivity index (χ2n) is 4.76. The van der Waals surface area contributed by atoms with Gasteiger partial charge in [-0.25, -0.2) is 0 Å². The molecule has 0 radical (unpaired) electrons. The first kappa shape index (κ1) is 12.6. The zero-order valence-electron chi connectivity index (χ0n) is 10.4. The number of likely N-dealkylation sites (tertiary alicyclic amines) is 1. The summed E-state index contributed by atoms with van der Waals surface area (Å²) in [6, 6.07) is 11.4. The molecule has 1 saturated heterocycles. The van der Waals surface area contributed by atoms with Crippen LogP contribution < -0.4 is 11.1 Å². The average molecular weight is 233 g/mol. The van der Waals surface area contributed by atoms with E-state index in [1.165, 1.54) is 31.6 Å². The van der Waals surface area contributed by atoms with E-state index in [2.05, 4.69) is 40.5 Å². The van der Waals surface area contributed by atoms with E-state index in [9.17, 15) is 0 Å². The van der Waals surface area contributed by atoms with Gasteiger partial charge in [0, 0.05) is 32.2 Å². The smallest absolute Gasteiger partial charge is 0.0207 e. The van der Waals surface area contributed by atoms with Gasteiger partial charge in [-0.2, -0.15) is 0 Å². The largest absolute Gasteiger partial charge is 0.329 e. The molecule has 94 valence electrons. The van der Waals surface area contributed by atoms with Gasteiger partial charge in [0.2, 0.25) is 0 Å². The highest BCUT2D eigenvalue weighted by Gasteiger charge is 2.20. The molecule has 17 heavy (non-hydrogen) atoms. The van der Waals surface area contributed by atoms with E-state index in [1.807, 2.05) is 0 Å². The number of benzene rings is 1. The highest BCUT2D eigenvalue weighted by molar-refractivity contribution is 5.14. The predicted molar refractivity (Wildman–Crippen MR) is 72.0 cm³/mol. The van der Waals surface area contributed by atoms with E-state index in [0.29, 0.717) is 6.04 Å². The third-order valence-corrected chi connectivity index (χ3v) is 3.41. The van der Waals surface area contributed by atoms with E-state index in [4.69, 9.17) is 5.73 Å². The van der Waals surface area contributed by atoms with Gasteiger partial charge in [-0.05, 0) is 24.9 Å².